The van der Waals surface area contributed by atoms with Crippen LogP contribution in [0.5, 0.6) is 0 Å². The lowest BCUT2D eigenvalue weighted by Gasteiger charge is -2.18. The molecular weight excluding hydrogens is 285 g/mol. The summed E-state index contributed by atoms with van der Waals surface area (Å²) in [6, 6.07) is 3.91. The van der Waals surface area contributed by atoms with Crippen LogP contribution in [-0.2, 0) is 11.0 Å². The van der Waals surface area contributed by atoms with E-state index >= 15 is 0 Å². The van der Waals surface area contributed by atoms with Crippen molar-refractivity contribution in [2.45, 2.75) is 25.4 Å². The maximum Gasteiger partial charge on any atom is 0.416 e. The van der Waals surface area contributed by atoms with Crippen LogP contribution in [0, 0.1) is 0 Å². The Hall–Kier alpha value is -0.840. The average Bonchev–Trinajstić information content (AvgIpc) is 2.16. The molecule has 1 aromatic rings. The normalized spacial score (nSPS) is 13.6. The van der Waals surface area contributed by atoms with Gasteiger partial charge < -0.3 is 4.79 Å². The minimum Gasteiger partial charge on any atom is -0.303 e. The Balaban J connectivity index is 3.29. The van der Waals surface area contributed by atoms with Gasteiger partial charge in [-0.25, -0.2) is 0 Å². The Morgan fingerprint density at radius 3 is 2.56 bits per heavy atom. The molecule has 5 heteroatoms. The van der Waals surface area contributed by atoms with Crippen LogP contribution in [0.3, 0.4) is 0 Å². The minimum absolute atomic E-state index is 0.0751. The first-order valence-electron chi connectivity index (χ1n) is 4.67. The predicted molar refractivity (Wildman–Crippen MR) is 58.2 cm³/mol. The fourth-order valence-corrected chi connectivity index (χ4v) is 2.30. The first kappa shape index (κ1) is 13.2. The van der Waals surface area contributed by atoms with Crippen molar-refractivity contribution < 1.29 is 18.0 Å². The summed E-state index contributed by atoms with van der Waals surface area (Å²) in [4.78, 5) is 10.4. The van der Waals surface area contributed by atoms with Gasteiger partial charge in [0.2, 0.25) is 0 Å². The fraction of sp³-hybridized carbons (Fsp3) is 0.364. The van der Waals surface area contributed by atoms with Crippen molar-refractivity contribution in [2.24, 2.45) is 0 Å². The summed E-state index contributed by atoms with van der Waals surface area (Å²) in [6.45, 7) is 1.60. The standard InChI is InChI=1S/C11H10BrF3O/c1-7(5-6-16)10-8(11(13,14)15)3-2-4-9(10)12/h2-4,6-7H,5H2,1H3. The molecule has 1 atom stereocenters. The highest BCUT2D eigenvalue weighted by Crippen LogP contribution is 2.39. The summed E-state index contributed by atoms with van der Waals surface area (Å²) in [5.74, 6) is -0.454. The van der Waals surface area contributed by atoms with Gasteiger partial charge in [0.25, 0.3) is 0 Å². The number of benzene rings is 1. The number of carbonyl (C=O) groups excluding carboxylic acids is 1. The third-order valence-corrected chi connectivity index (χ3v) is 2.99. The summed E-state index contributed by atoms with van der Waals surface area (Å²) in [6.07, 6.45) is -3.69. The molecule has 0 aliphatic carbocycles. The second kappa shape index (κ2) is 4.99. The average molecular weight is 295 g/mol. The fourth-order valence-electron chi connectivity index (χ4n) is 1.55. The van der Waals surface area contributed by atoms with E-state index in [4.69, 9.17) is 0 Å². The second-order valence-corrected chi connectivity index (χ2v) is 4.36. The lowest BCUT2D eigenvalue weighted by molar-refractivity contribution is -0.138. The van der Waals surface area contributed by atoms with Gasteiger partial charge in [-0.3, -0.25) is 0 Å². The highest BCUT2D eigenvalue weighted by Gasteiger charge is 2.35. The second-order valence-electron chi connectivity index (χ2n) is 3.50. The molecule has 1 aromatic carbocycles. The highest BCUT2D eigenvalue weighted by atomic mass is 79.9. The van der Waals surface area contributed by atoms with E-state index in [1.54, 1.807) is 13.0 Å². The molecule has 0 saturated heterocycles. The number of rotatable bonds is 3. The van der Waals surface area contributed by atoms with Crippen LogP contribution >= 0.6 is 15.9 Å². The molecule has 1 unspecified atom stereocenters. The van der Waals surface area contributed by atoms with Crippen molar-refractivity contribution >= 4 is 22.2 Å². The molecule has 0 aliphatic rings. The van der Waals surface area contributed by atoms with Crippen molar-refractivity contribution in [3.63, 3.8) is 0 Å². The Labute approximate surface area is 99.8 Å². The van der Waals surface area contributed by atoms with Crippen molar-refractivity contribution in [1.82, 2.24) is 0 Å². The van der Waals surface area contributed by atoms with E-state index in [0.29, 0.717) is 10.8 Å². The van der Waals surface area contributed by atoms with Gasteiger partial charge in [0.1, 0.15) is 6.29 Å². The topological polar surface area (TPSA) is 17.1 Å². The van der Waals surface area contributed by atoms with Gasteiger partial charge in [-0.2, -0.15) is 13.2 Å². The van der Waals surface area contributed by atoms with Gasteiger partial charge in [0, 0.05) is 10.9 Å². The van der Waals surface area contributed by atoms with Gasteiger partial charge in [-0.05, 0) is 23.6 Å². The number of carbonyl (C=O) groups is 1. The summed E-state index contributed by atoms with van der Waals surface area (Å²) in [7, 11) is 0. The largest absolute Gasteiger partial charge is 0.416 e. The summed E-state index contributed by atoms with van der Waals surface area (Å²) in [5.41, 5.74) is -0.543. The number of aldehydes is 1. The van der Waals surface area contributed by atoms with E-state index < -0.39 is 17.7 Å². The monoisotopic (exact) mass is 294 g/mol. The number of halogens is 4. The van der Waals surface area contributed by atoms with Crippen LogP contribution in [0.2, 0.25) is 0 Å². The first-order valence-corrected chi connectivity index (χ1v) is 5.46. The van der Waals surface area contributed by atoms with Gasteiger partial charge in [-0.15, -0.1) is 0 Å². The van der Waals surface area contributed by atoms with Crippen LogP contribution in [0.1, 0.15) is 30.4 Å². The third-order valence-electron chi connectivity index (χ3n) is 2.30. The highest BCUT2D eigenvalue weighted by molar-refractivity contribution is 9.10. The van der Waals surface area contributed by atoms with Gasteiger partial charge >= 0.3 is 6.18 Å². The third kappa shape index (κ3) is 2.84. The van der Waals surface area contributed by atoms with Crippen LogP contribution < -0.4 is 0 Å². The molecule has 1 nitrogen and oxygen atoms in total. The molecule has 0 saturated carbocycles. The quantitative estimate of drug-likeness (QED) is 0.765. The van der Waals surface area contributed by atoms with Gasteiger partial charge in [0.05, 0.1) is 5.56 Å². The van der Waals surface area contributed by atoms with E-state index in [0.717, 1.165) is 6.07 Å². The van der Waals surface area contributed by atoms with Gasteiger partial charge in [-0.1, -0.05) is 28.9 Å². The predicted octanol–water partition coefficient (Wildman–Crippen LogP) is 4.16. The number of alkyl halides is 3. The molecule has 0 fully saturated rings. The van der Waals surface area contributed by atoms with Crippen LogP contribution in [0.15, 0.2) is 22.7 Å². The number of hydrogen-bond acceptors (Lipinski definition) is 1. The van der Waals surface area contributed by atoms with Crippen LogP contribution in [-0.4, -0.2) is 6.29 Å². The smallest absolute Gasteiger partial charge is 0.303 e. The molecule has 0 aromatic heterocycles. The first-order chi connectivity index (χ1) is 7.38. The lowest BCUT2D eigenvalue weighted by Crippen LogP contribution is -2.11. The van der Waals surface area contributed by atoms with E-state index in [2.05, 4.69) is 15.9 Å². The van der Waals surface area contributed by atoms with Crippen LogP contribution in [0.4, 0.5) is 13.2 Å². The van der Waals surface area contributed by atoms with Crippen molar-refractivity contribution in [1.29, 1.82) is 0 Å². The molecule has 0 amide bonds. The molecular formula is C11H10BrF3O. The molecule has 16 heavy (non-hydrogen) atoms. The van der Waals surface area contributed by atoms with E-state index in [1.807, 2.05) is 0 Å². The molecule has 0 aliphatic heterocycles. The minimum atomic E-state index is -4.39. The Kier molecular flexibility index (Phi) is 4.13. The summed E-state index contributed by atoms with van der Waals surface area (Å²) in [5, 5.41) is 0. The summed E-state index contributed by atoms with van der Waals surface area (Å²) < 4.78 is 38.5. The molecule has 0 radical (unpaired) electrons. The van der Waals surface area contributed by atoms with Crippen molar-refractivity contribution in [3.8, 4) is 0 Å². The lowest BCUT2D eigenvalue weighted by atomic mass is 9.93. The molecule has 0 heterocycles. The number of hydrogen-bond donors (Lipinski definition) is 0. The zero-order valence-electron chi connectivity index (χ0n) is 8.51. The Bertz CT molecular complexity index is 387. The van der Waals surface area contributed by atoms with Crippen molar-refractivity contribution in [3.05, 3.63) is 33.8 Å². The molecule has 0 bridgehead atoms. The Morgan fingerprint density at radius 2 is 2.06 bits per heavy atom. The molecule has 88 valence electrons. The SMILES string of the molecule is CC(CC=O)c1c(Br)cccc1C(F)(F)F. The molecule has 0 spiro atoms. The zero-order valence-corrected chi connectivity index (χ0v) is 10.1. The van der Waals surface area contributed by atoms with E-state index in [9.17, 15) is 18.0 Å². The maximum atomic E-state index is 12.7. The van der Waals surface area contributed by atoms with Crippen molar-refractivity contribution in [2.75, 3.05) is 0 Å². The molecule has 1 rings (SSSR count). The zero-order chi connectivity index (χ0) is 12.3. The summed E-state index contributed by atoms with van der Waals surface area (Å²) >= 11 is 3.09. The molecule has 0 N–H and O–H groups in total. The van der Waals surface area contributed by atoms with E-state index in [-0.39, 0.29) is 12.0 Å². The van der Waals surface area contributed by atoms with Crippen LogP contribution in [0.25, 0.3) is 0 Å². The van der Waals surface area contributed by atoms with E-state index in [1.165, 1.54) is 6.07 Å². The Morgan fingerprint density at radius 1 is 1.44 bits per heavy atom. The van der Waals surface area contributed by atoms with Gasteiger partial charge in [0.15, 0.2) is 0 Å². The maximum absolute atomic E-state index is 12.7.